The van der Waals surface area contributed by atoms with Crippen molar-refractivity contribution in [3.8, 4) is 0 Å². The van der Waals surface area contributed by atoms with Gasteiger partial charge in [0.2, 0.25) is 0 Å². The van der Waals surface area contributed by atoms with Crippen molar-refractivity contribution in [1.82, 2.24) is 4.68 Å². The lowest BCUT2D eigenvalue weighted by Crippen LogP contribution is -2.18. The maximum Gasteiger partial charge on any atom is 0.356 e. The molecule has 0 fully saturated rings. The highest BCUT2D eigenvalue weighted by Gasteiger charge is 2.11. The number of aromatic nitrogens is 1. The number of nitrogens with zero attached hydrogens (tertiary/aromatic N) is 1. The summed E-state index contributed by atoms with van der Waals surface area (Å²) in [5.41, 5.74) is 0.358. The van der Waals surface area contributed by atoms with Crippen LogP contribution < -0.4 is 5.84 Å². The number of nitrogens with two attached hydrogens (primary N) is 1. The summed E-state index contributed by atoms with van der Waals surface area (Å²) in [7, 11) is 1.32. The van der Waals surface area contributed by atoms with Crippen molar-refractivity contribution in [2.75, 3.05) is 13.0 Å². The number of carbonyl (C=O) groups excluding carboxylic acids is 1. The Bertz CT molecular complexity index is 282. The topological polar surface area (TPSA) is 57.2 Å². The van der Waals surface area contributed by atoms with Crippen LogP contribution in [0.4, 0.5) is 0 Å². The van der Waals surface area contributed by atoms with Gasteiger partial charge in [-0.1, -0.05) is 0 Å². The van der Waals surface area contributed by atoms with Gasteiger partial charge in [0.15, 0.2) is 0 Å². The number of halogens is 1. The molecule has 11 heavy (non-hydrogen) atoms. The molecule has 0 saturated heterocycles. The van der Waals surface area contributed by atoms with Gasteiger partial charge in [-0.15, -0.1) is 0 Å². The molecule has 5 heteroatoms. The molecular formula is C6H7IN2O2. The van der Waals surface area contributed by atoms with Crippen LogP contribution in [0.15, 0.2) is 12.1 Å². The SMILES string of the molecule is COC(=O)c1ccc(I)n1N. The Morgan fingerprint density at radius 1 is 1.73 bits per heavy atom. The molecule has 1 aromatic heterocycles. The molecule has 1 rings (SSSR count). The van der Waals surface area contributed by atoms with Crippen molar-refractivity contribution in [2.45, 2.75) is 0 Å². The third kappa shape index (κ3) is 1.47. The van der Waals surface area contributed by atoms with Crippen molar-refractivity contribution in [3.63, 3.8) is 0 Å². The zero-order valence-corrected chi connectivity index (χ0v) is 8.03. The Kier molecular flexibility index (Phi) is 2.38. The molecule has 1 aromatic rings. The van der Waals surface area contributed by atoms with E-state index in [4.69, 9.17) is 5.84 Å². The molecule has 0 aromatic carbocycles. The van der Waals surface area contributed by atoms with Crippen LogP contribution in [-0.4, -0.2) is 17.8 Å². The maximum atomic E-state index is 10.9. The fourth-order valence-corrected chi connectivity index (χ4v) is 1.13. The fraction of sp³-hybridized carbons (Fsp3) is 0.167. The number of methoxy groups -OCH3 is 1. The normalized spacial score (nSPS) is 9.64. The van der Waals surface area contributed by atoms with Gasteiger partial charge in [-0.2, -0.15) is 0 Å². The summed E-state index contributed by atoms with van der Waals surface area (Å²) >= 11 is 2.03. The van der Waals surface area contributed by atoms with Gasteiger partial charge >= 0.3 is 5.97 Å². The predicted molar refractivity (Wildman–Crippen MR) is 48.6 cm³/mol. The molecule has 0 aliphatic carbocycles. The van der Waals surface area contributed by atoms with Gasteiger partial charge in [-0.3, -0.25) is 0 Å². The maximum absolute atomic E-state index is 10.9. The summed E-state index contributed by atoms with van der Waals surface area (Å²) in [6, 6.07) is 3.36. The minimum absolute atomic E-state index is 0.358. The second-order valence-corrected chi connectivity index (χ2v) is 3.01. The quantitative estimate of drug-likeness (QED) is 0.460. The molecule has 4 nitrogen and oxygen atoms in total. The van der Waals surface area contributed by atoms with Gasteiger partial charge < -0.3 is 10.6 Å². The van der Waals surface area contributed by atoms with Crippen LogP contribution in [0.3, 0.4) is 0 Å². The predicted octanol–water partition coefficient (Wildman–Crippen LogP) is 0.593. The summed E-state index contributed by atoms with van der Waals surface area (Å²) in [6.45, 7) is 0. The minimum atomic E-state index is -0.421. The molecule has 0 unspecified atom stereocenters. The Morgan fingerprint density at radius 3 is 2.73 bits per heavy atom. The van der Waals surface area contributed by atoms with Gasteiger partial charge in [0, 0.05) is 0 Å². The Hall–Kier alpha value is -0.720. The molecule has 0 radical (unpaired) electrons. The van der Waals surface area contributed by atoms with Crippen LogP contribution in [0.1, 0.15) is 10.5 Å². The molecule has 0 bridgehead atoms. The highest BCUT2D eigenvalue weighted by Crippen LogP contribution is 2.08. The lowest BCUT2D eigenvalue weighted by Gasteiger charge is -2.00. The van der Waals surface area contributed by atoms with Crippen LogP contribution >= 0.6 is 22.6 Å². The van der Waals surface area contributed by atoms with Gasteiger partial charge in [-0.05, 0) is 34.7 Å². The number of rotatable bonds is 1. The molecule has 0 aliphatic rings. The smallest absolute Gasteiger partial charge is 0.356 e. The molecule has 0 amide bonds. The van der Waals surface area contributed by atoms with Crippen molar-refractivity contribution < 1.29 is 9.53 Å². The molecule has 60 valence electrons. The minimum Gasteiger partial charge on any atom is -0.464 e. The van der Waals surface area contributed by atoms with Crippen LogP contribution in [-0.2, 0) is 4.74 Å². The van der Waals surface area contributed by atoms with Gasteiger partial charge in [-0.25, -0.2) is 9.47 Å². The summed E-state index contributed by atoms with van der Waals surface area (Å²) in [6.07, 6.45) is 0. The standard InChI is InChI=1S/C6H7IN2O2/c1-11-6(10)4-2-3-5(7)9(4)8/h2-3H,8H2,1H3. The van der Waals surface area contributed by atoms with Gasteiger partial charge in [0.1, 0.15) is 9.39 Å². The third-order valence-corrected chi connectivity index (χ3v) is 2.14. The first-order valence-electron chi connectivity index (χ1n) is 2.87. The van der Waals surface area contributed by atoms with Crippen LogP contribution in [0.2, 0.25) is 0 Å². The second-order valence-electron chi connectivity index (χ2n) is 1.90. The number of carbonyl (C=O) groups is 1. The van der Waals surface area contributed by atoms with Crippen molar-refractivity contribution in [3.05, 3.63) is 21.5 Å². The van der Waals surface area contributed by atoms with Crippen molar-refractivity contribution in [1.29, 1.82) is 0 Å². The van der Waals surface area contributed by atoms with E-state index in [9.17, 15) is 4.79 Å². The van der Waals surface area contributed by atoms with Gasteiger partial charge in [0.05, 0.1) is 7.11 Å². The highest BCUT2D eigenvalue weighted by atomic mass is 127. The molecule has 0 spiro atoms. The Labute approximate surface area is 77.4 Å². The zero-order chi connectivity index (χ0) is 8.43. The number of hydrogen-bond donors (Lipinski definition) is 1. The van der Waals surface area contributed by atoms with E-state index in [0.29, 0.717) is 5.69 Å². The van der Waals surface area contributed by atoms with Crippen LogP contribution in [0.25, 0.3) is 0 Å². The van der Waals surface area contributed by atoms with E-state index in [1.165, 1.54) is 11.8 Å². The van der Waals surface area contributed by atoms with E-state index < -0.39 is 5.97 Å². The molecule has 0 atom stereocenters. The number of ether oxygens (including phenoxy) is 1. The summed E-state index contributed by atoms with van der Waals surface area (Å²) in [5.74, 6) is 5.07. The average molecular weight is 266 g/mol. The molecule has 0 aliphatic heterocycles. The summed E-state index contributed by atoms with van der Waals surface area (Å²) in [4.78, 5) is 10.9. The largest absolute Gasteiger partial charge is 0.464 e. The molecular weight excluding hydrogens is 259 g/mol. The lowest BCUT2D eigenvalue weighted by atomic mass is 10.4. The first kappa shape index (κ1) is 8.38. The number of esters is 1. The first-order valence-corrected chi connectivity index (χ1v) is 3.95. The van der Waals surface area contributed by atoms with Crippen LogP contribution in [0.5, 0.6) is 0 Å². The summed E-state index contributed by atoms with van der Waals surface area (Å²) < 4.78 is 6.57. The average Bonchev–Trinajstić information content (AvgIpc) is 2.32. The molecule has 1 heterocycles. The van der Waals surface area contributed by atoms with Crippen LogP contribution in [0, 0.1) is 3.70 Å². The second kappa shape index (κ2) is 3.12. The van der Waals surface area contributed by atoms with E-state index in [2.05, 4.69) is 4.74 Å². The van der Waals surface area contributed by atoms with E-state index in [1.807, 2.05) is 22.6 Å². The first-order chi connectivity index (χ1) is 5.16. The number of hydrogen-bond acceptors (Lipinski definition) is 3. The lowest BCUT2D eigenvalue weighted by molar-refractivity contribution is 0.0590. The number of nitrogen functional groups attached to an aromatic ring is 1. The Morgan fingerprint density at radius 2 is 2.36 bits per heavy atom. The molecule has 2 N–H and O–H groups in total. The highest BCUT2D eigenvalue weighted by molar-refractivity contribution is 14.1. The van der Waals surface area contributed by atoms with E-state index >= 15 is 0 Å². The monoisotopic (exact) mass is 266 g/mol. The third-order valence-electron chi connectivity index (χ3n) is 1.26. The fourth-order valence-electron chi connectivity index (χ4n) is 0.694. The Balaban J connectivity index is 3.04. The molecule has 0 saturated carbocycles. The van der Waals surface area contributed by atoms with Gasteiger partial charge in [0.25, 0.3) is 0 Å². The van der Waals surface area contributed by atoms with Crippen molar-refractivity contribution in [2.24, 2.45) is 0 Å². The zero-order valence-electron chi connectivity index (χ0n) is 5.87. The van der Waals surface area contributed by atoms with Crippen molar-refractivity contribution >= 4 is 28.6 Å². The summed E-state index contributed by atoms with van der Waals surface area (Å²) in [5, 5.41) is 0. The van der Waals surface area contributed by atoms with E-state index in [0.717, 1.165) is 3.70 Å². The van der Waals surface area contributed by atoms with E-state index in [1.54, 1.807) is 12.1 Å². The van der Waals surface area contributed by atoms with E-state index in [-0.39, 0.29) is 0 Å².